The number of carboxylic acids is 1. The fourth-order valence-electron chi connectivity index (χ4n) is 3.38. The minimum Gasteiger partial charge on any atom is -0.480 e. The third kappa shape index (κ3) is 3.65. The number of hydrogen-bond donors (Lipinski definition) is 2. The molecule has 1 atom stereocenters. The Hall–Kier alpha value is -2.88. The number of rotatable bonds is 6. The number of likely N-dealkylation sites (tertiary alicyclic amines) is 1. The molecule has 142 valence electrons. The van der Waals surface area contributed by atoms with Crippen molar-refractivity contribution in [2.24, 2.45) is 0 Å². The van der Waals surface area contributed by atoms with Crippen molar-refractivity contribution < 1.29 is 19.1 Å². The molecule has 1 aromatic heterocycles. The van der Waals surface area contributed by atoms with Gasteiger partial charge in [0.2, 0.25) is 5.91 Å². The van der Waals surface area contributed by atoms with Crippen molar-refractivity contribution in [2.75, 3.05) is 18.4 Å². The third-order valence-corrected chi connectivity index (χ3v) is 4.90. The molecule has 2 fully saturated rings. The van der Waals surface area contributed by atoms with Gasteiger partial charge in [-0.1, -0.05) is 0 Å². The Kier molecular flexibility index (Phi) is 4.56. The molecule has 0 radical (unpaired) electrons. The number of carbonyl (C=O) groups is 2. The van der Waals surface area contributed by atoms with Gasteiger partial charge >= 0.3 is 5.97 Å². The average Bonchev–Trinajstić information content (AvgIpc) is 3.16. The van der Waals surface area contributed by atoms with Crippen molar-refractivity contribution in [3.05, 3.63) is 29.8 Å². The van der Waals surface area contributed by atoms with Crippen LogP contribution in [-0.2, 0) is 9.59 Å². The summed E-state index contributed by atoms with van der Waals surface area (Å²) in [6.07, 6.45) is 3.27. The number of carbonyl (C=O) groups excluding carboxylic acids is 1. The molecule has 0 bridgehead atoms. The maximum absolute atomic E-state index is 14.2. The fourth-order valence-corrected chi connectivity index (χ4v) is 3.38. The predicted octanol–water partition coefficient (Wildman–Crippen LogP) is 1.17. The van der Waals surface area contributed by atoms with Crippen LogP contribution in [0.1, 0.15) is 37.4 Å². The van der Waals surface area contributed by atoms with E-state index in [1.165, 1.54) is 12.1 Å². The smallest absolute Gasteiger partial charge is 0.320 e. The van der Waals surface area contributed by atoms with E-state index in [2.05, 4.69) is 20.8 Å². The molecular formula is C17H19FN6O3. The van der Waals surface area contributed by atoms with E-state index in [1.807, 2.05) is 0 Å². The lowest BCUT2D eigenvalue weighted by atomic mass is 10.2. The molecule has 1 saturated heterocycles. The van der Waals surface area contributed by atoms with Crippen LogP contribution >= 0.6 is 0 Å². The van der Waals surface area contributed by atoms with E-state index in [4.69, 9.17) is 0 Å². The monoisotopic (exact) mass is 374 g/mol. The number of nitrogens with zero attached hydrogens (tertiary/aromatic N) is 5. The number of anilines is 1. The van der Waals surface area contributed by atoms with E-state index in [1.54, 1.807) is 15.6 Å². The first-order valence-corrected chi connectivity index (χ1v) is 8.88. The average molecular weight is 374 g/mol. The molecule has 10 heteroatoms. The van der Waals surface area contributed by atoms with Crippen molar-refractivity contribution in [3.8, 4) is 5.69 Å². The second kappa shape index (κ2) is 7.03. The van der Waals surface area contributed by atoms with Gasteiger partial charge in [-0.2, -0.15) is 4.68 Å². The molecular weight excluding hydrogens is 355 g/mol. The number of halogens is 1. The standard InChI is InChI=1S/C17H19FN6O3/c18-12-6-5-11(24-16(10-3-4-10)20-21-22-24)8-13(12)19-15(25)9-23-7-1-2-14(23)17(26)27/h5-6,8,10,14H,1-4,7,9H2,(H,19,25)(H,26,27). The summed E-state index contributed by atoms with van der Waals surface area (Å²) in [6, 6.07) is 3.61. The normalized spacial score (nSPS) is 20.0. The maximum Gasteiger partial charge on any atom is 0.320 e. The van der Waals surface area contributed by atoms with Crippen molar-refractivity contribution in [1.82, 2.24) is 25.1 Å². The van der Waals surface area contributed by atoms with E-state index in [9.17, 15) is 19.1 Å². The Balaban J connectivity index is 1.49. The Morgan fingerprint density at radius 1 is 1.30 bits per heavy atom. The van der Waals surface area contributed by atoms with Crippen LogP contribution in [-0.4, -0.2) is 61.2 Å². The largest absolute Gasteiger partial charge is 0.480 e. The molecule has 2 aromatic rings. The van der Waals surface area contributed by atoms with E-state index >= 15 is 0 Å². The SMILES string of the molecule is O=C(CN1CCCC1C(=O)O)Nc1cc(-n2nnnc2C2CC2)ccc1F. The van der Waals surface area contributed by atoms with Gasteiger partial charge in [0.05, 0.1) is 17.9 Å². The molecule has 1 saturated carbocycles. The summed E-state index contributed by atoms with van der Waals surface area (Å²) in [4.78, 5) is 25.1. The van der Waals surface area contributed by atoms with Gasteiger partial charge in [0.25, 0.3) is 0 Å². The lowest BCUT2D eigenvalue weighted by molar-refractivity contribution is -0.142. The Morgan fingerprint density at radius 3 is 2.85 bits per heavy atom. The van der Waals surface area contributed by atoms with Crippen molar-refractivity contribution in [1.29, 1.82) is 0 Å². The zero-order valence-corrected chi connectivity index (χ0v) is 14.5. The van der Waals surface area contributed by atoms with Crippen LogP contribution in [0.15, 0.2) is 18.2 Å². The summed E-state index contributed by atoms with van der Waals surface area (Å²) in [5, 5.41) is 23.4. The van der Waals surface area contributed by atoms with E-state index in [-0.39, 0.29) is 12.2 Å². The van der Waals surface area contributed by atoms with Crippen LogP contribution in [0.2, 0.25) is 0 Å². The van der Waals surface area contributed by atoms with Crippen LogP contribution in [0.5, 0.6) is 0 Å². The van der Waals surface area contributed by atoms with Gasteiger partial charge in [-0.05, 0) is 60.9 Å². The van der Waals surface area contributed by atoms with Crippen LogP contribution in [0, 0.1) is 5.82 Å². The lowest BCUT2D eigenvalue weighted by Crippen LogP contribution is -2.41. The lowest BCUT2D eigenvalue weighted by Gasteiger charge is -2.20. The third-order valence-electron chi connectivity index (χ3n) is 4.90. The van der Waals surface area contributed by atoms with Gasteiger partial charge in [0, 0.05) is 5.92 Å². The molecule has 1 amide bonds. The first-order valence-electron chi connectivity index (χ1n) is 8.88. The number of aromatic nitrogens is 4. The van der Waals surface area contributed by atoms with E-state index in [0.717, 1.165) is 25.1 Å². The molecule has 2 N–H and O–H groups in total. The zero-order chi connectivity index (χ0) is 19.0. The van der Waals surface area contributed by atoms with Crippen LogP contribution in [0.4, 0.5) is 10.1 Å². The van der Waals surface area contributed by atoms with Crippen LogP contribution in [0.3, 0.4) is 0 Å². The molecule has 1 aliphatic heterocycles. The highest BCUT2D eigenvalue weighted by molar-refractivity contribution is 5.93. The molecule has 9 nitrogen and oxygen atoms in total. The molecule has 0 spiro atoms. The van der Waals surface area contributed by atoms with Gasteiger partial charge < -0.3 is 10.4 Å². The van der Waals surface area contributed by atoms with E-state index in [0.29, 0.717) is 24.6 Å². The Morgan fingerprint density at radius 2 is 2.11 bits per heavy atom. The fraction of sp³-hybridized carbons (Fsp3) is 0.471. The van der Waals surface area contributed by atoms with Crippen molar-refractivity contribution in [3.63, 3.8) is 0 Å². The molecule has 4 rings (SSSR count). The highest BCUT2D eigenvalue weighted by Crippen LogP contribution is 2.39. The quantitative estimate of drug-likeness (QED) is 0.780. The number of amides is 1. The topological polar surface area (TPSA) is 113 Å². The number of hydrogen-bond acceptors (Lipinski definition) is 6. The van der Waals surface area contributed by atoms with Gasteiger partial charge in [-0.3, -0.25) is 14.5 Å². The maximum atomic E-state index is 14.2. The number of aliphatic carboxylic acids is 1. The first kappa shape index (κ1) is 17.5. The molecule has 2 heterocycles. The zero-order valence-electron chi connectivity index (χ0n) is 14.5. The Bertz CT molecular complexity index is 881. The van der Waals surface area contributed by atoms with Gasteiger partial charge in [0.1, 0.15) is 11.9 Å². The summed E-state index contributed by atoms with van der Waals surface area (Å²) >= 11 is 0. The molecule has 1 aliphatic carbocycles. The number of tetrazole rings is 1. The summed E-state index contributed by atoms with van der Waals surface area (Å²) in [7, 11) is 0. The molecule has 1 aromatic carbocycles. The first-order chi connectivity index (χ1) is 13.0. The number of benzene rings is 1. The number of nitrogens with one attached hydrogen (secondary N) is 1. The molecule has 2 aliphatic rings. The van der Waals surface area contributed by atoms with E-state index < -0.39 is 23.7 Å². The van der Waals surface area contributed by atoms with Crippen molar-refractivity contribution >= 4 is 17.6 Å². The molecule has 1 unspecified atom stereocenters. The van der Waals surface area contributed by atoms with Crippen LogP contribution in [0.25, 0.3) is 5.69 Å². The summed E-state index contributed by atoms with van der Waals surface area (Å²) < 4.78 is 15.7. The summed E-state index contributed by atoms with van der Waals surface area (Å²) in [5.41, 5.74) is 0.573. The van der Waals surface area contributed by atoms with Crippen molar-refractivity contribution in [2.45, 2.75) is 37.6 Å². The van der Waals surface area contributed by atoms with Gasteiger partial charge in [-0.25, -0.2) is 4.39 Å². The highest BCUT2D eigenvalue weighted by Gasteiger charge is 2.32. The highest BCUT2D eigenvalue weighted by atomic mass is 19.1. The second-order valence-corrected chi connectivity index (χ2v) is 6.90. The van der Waals surface area contributed by atoms with Crippen LogP contribution < -0.4 is 5.32 Å². The minimum absolute atomic E-state index is 0.0146. The van der Waals surface area contributed by atoms with Gasteiger partial charge in [0.15, 0.2) is 5.82 Å². The minimum atomic E-state index is -0.945. The predicted molar refractivity (Wildman–Crippen MR) is 91.9 cm³/mol. The van der Waals surface area contributed by atoms with Gasteiger partial charge in [-0.15, -0.1) is 5.10 Å². The number of carboxylic acid groups (broad SMARTS) is 1. The summed E-state index contributed by atoms with van der Waals surface area (Å²) in [5.74, 6) is -0.950. The second-order valence-electron chi connectivity index (χ2n) is 6.90. The molecule has 27 heavy (non-hydrogen) atoms. The summed E-state index contributed by atoms with van der Waals surface area (Å²) in [6.45, 7) is 0.432. The Labute approximate surface area is 154 Å².